The summed E-state index contributed by atoms with van der Waals surface area (Å²) in [6.07, 6.45) is 3.27. The van der Waals surface area contributed by atoms with Gasteiger partial charge in [0.25, 0.3) is 0 Å². The molecular weight excluding hydrogens is 184 g/mol. The minimum atomic E-state index is -1.17. The average Bonchev–Trinajstić information content (AvgIpc) is 2.14. The minimum Gasteiger partial charge on any atom is -0.478 e. The third kappa shape index (κ3) is 16.6. The van der Waals surface area contributed by atoms with Crippen molar-refractivity contribution in [3.05, 3.63) is 37.0 Å². The van der Waals surface area contributed by atoms with Gasteiger partial charge in [-0.3, -0.25) is 0 Å². The van der Waals surface area contributed by atoms with E-state index >= 15 is 0 Å². The van der Waals surface area contributed by atoms with Gasteiger partial charge in [-0.15, -0.1) is 0 Å². The Morgan fingerprint density at radius 1 is 1.36 bits per heavy atom. The fraction of sp³-hybridized carbons (Fsp3) is 0.200. The molecule has 14 heavy (non-hydrogen) atoms. The van der Waals surface area contributed by atoms with Crippen molar-refractivity contribution in [2.45, 2.75) is 6.92 Å². The summed E-state index contributed by atoms with van der Waals surface area (Å²) in [4.78, 5) is 19.9. The summed E-state index contributed by atoms with van der Waals surface area (Å²) in [5, 5.41) is 7.96. The largest absolute Gasteiger partial charge is 0.478 e. The molecule has 0 aliphatic rings. The molecule has 0 aliphatic heterocycles. The van der Waals surface area contributed by atoms with Crippen LogP contribution in [0.3, 0.4) is 0 Å². The molecule has 0 atom stereocenters. The number of aliphatic carboxylic acids is 1. The van der Waals surface area contributed by atoms with E-state index in [1.54, 1.807) is 6.08 Å². The molecule has 0 amide bonds. The van der Waals surface area contributed by atoms with Gasteiger partial charge in [-0.25, -0.2) is 9.59 Å². The van der Waals surface area contributed by atoms with Crippen LogP contribution in [0.2, 0.25) is 0 Å². The van der Waals surface area contributed by atoms with E-state index < -0.39 is 11.9 Å². The lowest BCUT2D eigenvalue weighted by Crippen LogP contribution is -1.96. The molecule has 0 aromatic heterocycles. The maximum Gasteiger partial charge on any atom is 0.330 e. The zero-order valence-electron chi connectivity index (χ0n) is 8.32. The second kappa shape index (κ2) is 9.25. The predicted octanol–water partition coefficient (Wildman–Crippen LogP) is 1.55. The number of carboxylic acid groups (broad SMARTS) is 1. The van der Waals surface area contributed by atoms with E-state index in [1.807, 2.05) is 6.92 Å². The Labute approximate surface area is 83.2 Å². The van der Waals surface area contributed by atoms with Crippen molar-refractivity contribution in [3.63, 3.8) is 0 Å². The smallest absolute Gasteiger partial charge is 0.330 e. The zero-order valence-corrected chi connectivity index (χ0v) is 8.32. The predicted molar refractivity (Wildman–Crippen MR) is 53.8 cm³/mol. The van der Waals surface area contributed by atoms with Crippen LogP contribution in [-0.2, 0) is 14.3 Å². The van der Waals surface area contributed by atoms with Gasteiger partial charge in [0.15, 0.2) is 0 Å². The second-order valence-electron chi connectivity index (χ2n) is 2.25. The van der Waals surface area contributed by atoms with Crippen molar-refractivity contribution in [2.24, 2.45) is 0 Å². The number of rotatable bonds is 3. The summed E-state index contributed by atoms with van der Waals surface area (Å²) >= 11 is 0. The highest BCUT2D eigenvalue weighted by atomic mass is 16.5. The molecule has 1 N–H and O–H groups in total. The van der Waals surface area contributed by atoms with E-state index in [0.29, 0.717) is 6.08 Å². The van der Waals surface area contributed by atoms with Crippen LogP contribution in [0.1, 0.15) is 6.92 Å². The zero-order chi connectivity index (χ0) is 11.6. The highest BCUT2D eigenvalue weighted by Gasteiger charge is 1.91. The Balaban J connectivity index is 0. The van der Waals surface area contributed by atoms with E-state index in [9.17, 15) is 9.59 Å². The lowest BCUT2D eigenvalue weighted by molar-refractivity contribution is -0.136. The normalized spacial score (nSPS) is 8.43. The lowest BCUT2D eigenvalue weighted by Gasteiger charge is -1.85. The second-order valence-corrected chi connectivity index (χ2v) is 2.25. The molecule has 0 aromatic carbocycles. The van der Waals surface area contributed by atoms with Crippen LogP contribution in [0.25, 0.3) is 0 Å². The van der Waals surface area contributed by atoms with E-state index in [-0.39, 0.29) is 0 Å². The maximum absolute atomic E-state index is 10.1. The van der Waals surface area contributed by atoms with Crippen molar-refractivity contribution in [1.82, 2.24) is 0 Å². The van der Waals surface area contributed by atoms with E-state index in [1.165, 1.54) is 7.11 Å². The van der Waals surface area contributed by atoms with Crippen LogP contribution in [-0.4, -0.2) is 24.2 Å². The minimum absolute atomic E-state index is 0.669. The SMILES string of the molecule is C=CC(=C)C.COC(=O)C=CC(=O)O. The fourth-order valence-electron chi connectivity index (χ4n) is 0.207. The molecule has 0 spiro atoms. The monoisotopic (exact) mass is 198 g/mol. The highest BCUT2D eigenvalue weighted by Crippen LogP contribution is 1.81. The average molecular weight is 198 g/mol. The van der Waals surface area contributed by atoms with Gasteiger partial charge < -0.3 is 9.84 Å². The van der Waals surface area contributed by atoms with Crippen LogP contribution in [0.4, 0.5) is 0 Å². The standard InChI is InChI=1S/C5H6O4.C5H8/c1-9-5(8)3-2-4(6)7;1-4-5(2)3/h2-3H,1H3,(H,6,7);4H,1-2H2,3H3. The Hall–Kier alpha value is -1.84. The molecular formula is C10H14O4. The molecule has 0 rings (SSSR count). The number of methoxy groups -OCH3 is 1. The van der Waals surface area contributed by atoms with Gasteiger partial charge in [-0.05, 0) is 6.92 Å². The molecule has 0 bridgehead atoms. The van der Waals surface area contributed by atoms with Gasteiger partial charge in [0.05, 0.1) is 7.11 Å². The highest BCUT2D eigenvalue weighted by molar-refractivity contribution is 5.90. The van der Waals surface area contributed by atoms with Gasteiger partial charge in [-0.1, -0.05) is 24.8 Å². The molecule has 0 aromatic rings. The first-order valence-corrected chi connectivity index (χ1v) is 3.71. The Morgan fingerprint density at radius 2 is 1.79 bits per heavy atom. The van der Waals surface area contributed by atoms with Gasteiger partial charge in [0, 0.05) is 12.2 Å². The number of hydrogen-bond acceptors (Lipinski definition) is 3. The number of carboxylic acids is 1. The number of carbonyl (C=O) groups is 2. The number of hydrogen-bond donors (Lipinski definition) is 1. The van der Waals surface area contributed by atoms with Gasteiger partial charge in [0.2, 0.25) is 0 Å². The number of carbonyl (C=O) groups excluding carboxylic acids is 1. The maximum atomic E-state index is 10.1. The van der Waals surface area contributed by atoms with Crippen molar-refractivity contribution >= 4 is 11.9 Å². The summed E-state index contributed by atoms with van der Waals surface area (Å²) < 4.78 is 4.11. The van der Waals surface area contributed by atoms with Crippen molar-refractivity contribution < 1.29 is 19.4 Å². The molecule has 0 saturated heterocycles. The van der Waals surface area contributed by atoms with Gasteiger partial charge in [0.1, 0.15) is 0 Å². The Bertz CT molecular complexity index is 251. The molecule has 78 valence electrons. The summed E-state index contributed by atoms with van der Waals surface area (Å²) in [5.74, 6) is -1.84. The first-order chi connectivity index (χ1) is 6.43. The van der Waals surface area contributed by atoms with Crippen molar-refractivity contribution in [3.8, 4) is 0 Å². The molecule has 4 nitrogen and oxygen atoms in total. The number of esters is 1. The fourth-order valence-corrected chi connectivity index (χ4v) is 0.207. The summed E-state index contributed by atoms with van der Waals surface area (Å²) in [7, 11) is 1.18. The molecule has 4 heteroatoms. The lowest BCUT2D eigenvalue weighted by atomic mass is 10.4. The quantitative estimate of drug-likeness (QED) is 0.424. The van der Waals surface area contributed by atoms with Crippen LogP contribution in [0, 0.1) is 0 Å². The molecule has 0 unspecified atom stereocenters. The van der Waals surface area contributed by atoms with Gasteiger partial charge >= 0.3 is 11.9 Å². The first kappa shape index (κ1) is 14.7. The van der Waals surface area contributed by atoms with Gasteiger partial charge in [-0.2, -0.15) is 0 Å². The van der Waals surface area contributed by atoms with Crippen molar-refractivity contribution in [1.29, 1.82) is 0 Å². The number of ether oxygens (including phenoxy) is 1. The van der Waals surface area contributed by atoms with Crippen LogP contribution >= 0.6 is 0 Å². The first-order valence-electron chi connectivity index (χ1n) is 3.71. The van der Waals surface area contributed by atoms with Crippen LogP contribution < -0.4 is 0 Å². The topological polar surface area (TPSA) is 63.6 Å². The molecule has 0 saturated carbocycles. The number of allylic oxidation sites excluding steroid dienone is 2. The Kier molecular flexibility index (Phi) is 9.69. The molecule has 0 heterocycles. The third-order valence-corrected chi connectivity index (χ3v) is 0.912. The van der Waals surface area contributed by atoms with Crippen LogP contribution in [0.5, 0.6) is 0 Å². The van der Waals surface area contributed by atoms with E-state index in [2.05, 4.69) is 17.9 Å². The summed E-state index contributed by atoms with van der Waals surface area (Å²) in [5.41, 5.74) is 1.02. The third-order valence-electron chi connectivity index (χ3n) is 0.912. The van der Waals surface area contributed by atoms with Crippen molar-refractivity contribution in [2.75, 3.05) is 7.11 Å². The summed E-state index contributed by atoms with van der Waals surface area (Å²) in [6.45, 7) is 8.93. The van der Waals surface area contributed by atoms with E-state index in [4.69, 9.17) is 5.11 Å². The van der Waals surface area contributed by atoms with Crippen LogP contribution in [0.15, 0.2) is 37.0 Å². The molecule has 0 radical (unpaired) electrons. The summed E-state index contributed by atoms with van der Waals surface area (Å²) in [6, 6.07) is 0. The molecule has 0 fully saturated rings. The van der Waals surface area contributed by atoms with E-state index in [0.717, 1.165) is 11.6 Å². The molecule has 0 aliphatic carbocycles. The Morgan fingerprint density at radius 3 is 2.00 bits per heavy atom.